The summed E-state index contributed by atoms with van der Waals surface area (Å²) in [6.07, 6.45) is 7.00. The van der Waals surface area contributed by atoms with Crippen LogP contribution in [0.15, 0.2) is 0 Å². The van der Waals surface area contributed by atoms with Crippen molar-refractivity contribution in [2.24, 2.45) is 22.7 Å². The highest BCUT2D eigenvalue weighted by atomic mass is 15.0. The summed E-state index contributed by atoms with van der Waals surface area (Å²) in [5, 5.41) is 3.95. The zero-order valence-corrected chi connectivity index (χ0v) is 12.5. The van der Waals surface area contributed by atoms with E-state index in [9.17, 15) is 0 Å². The van der Waals surface area contributed by atoms with Crippen molar-refractivity contribution in [3.63, 3.8) is 0 Å². The Morgan fingerprint density at radius 3 is 2.29 bits per heavy atom. The smallest absolute Gasteiger partial charge is 0.0175 e. The van der Waals surface area contributed by atoms with Crippen LogP contribution in [0.3, 0.4) is 0 Å². The van der Waals surface area contributed by atoms with Gasteiger partial charge in [0.2, 0.25) is 0 Å². The highest BCUT2D eigenvalue weighted by Gasteiger charge is 2.58. The van der Waals surface area contributed by atoms with Crippen LogP contribution in [-0.2, 0) is 0 Å². The molecule has 0 saturated heterocycles. The average Bonchev–Trinajstić information content (AvgIpc) is 2.74. The van der Waals surface area contributed by atoms with Crippen molar-refractivity contribution in [2.45, 2.75) is 72.8 Å². The van der Waals surface area contributed by atoms with E-state index in [-0.39, 0.29) is 0 Å². The summed E-state index contributed by atoms with van der Waals surface area (Å²) in [7, 11) is 0. The van der Waals surface area contributed by atoms with E-state index in [4.69, 9.17) is 0 Å². The van der Waals surface area contributed by atoms with Gasteiger partial charge in [-0.25, -0.2) is 0 Å². The van der Waals surface area contributed by atoms with Crippen molar-refractivity contribution in [3.05, 3.63) is 0 Å². The fourth-order valence-corrected chi connectivity index (χ4v) is 4.67. The number of nitrogens with one attached hydrogen (secondary N) is 1. The second kappa shape index (κ2) is 4.57. The van der Waals surface area contributed by atoms with Crippen LogP contribution >= 0.6 is 0 Å². The maximum absolute atomic E-state index is 3.95. The van der Waals surface area contributed by atoms with E-state index < -0.39 is 0 Å². The Hall–Kier alpha value is -0.0400. The Bertz CT molecular complexity index is 262. The molecule has 0 aliphatic heterocycles. The lowest BCUT2D eigenvalue weighted by atomic mass is 9.68. The lowest BCUT2D eigenvalue weighted by Gasteiger charge is -2.44. The van der Waals surface area contributed by atoms with Gasteiger partial charge in [0.25, 0.3) is 0 Å². The molecule has 2 saturated carbocycles. The van der Waals surface area contributed by atoms with Crippen LogP contribution in [0.4, 0.5) is 0 Å². The molecular weight excluding hydrogens is 206 g/mol. The van der Waals surface area contributed by atoms with Gasteiger partial charge in [-0.3, -0.25) is 0 Å². The summed E-state index contributed by atoms with van der Waals surface area (Å²) in [5.41, 5.74) is 1.10. The number of fused-ring (bicyclic) bond motifs is 2. The average molecular weight is 237 g/mol. The Morgan fingerprint density at radius 2 is 1.82 bits per heavy atom. The molecule has 0 radical (unpaired) electrons. The van der Waals surface area contributed by atoms with E-state index in [0.29, 0.717) is 10.8 Å². The van der Waals surface area contributed by atoms with E-state index >= 15 is 0 Å². The predicted molar refractivity (Wildman–Crippen MR) is 75.1 cm³/mol. The molecule has 0 amide bonds. The molecule has 1 N–H and O–H groups in total. The molecular formula is C16H31N. The van der Waals surface area contributed by atoms with Gasteiger partial charge in [0.15, 0.2) is 0 Å². The summed E-state index contributed by atoms with van der Waals surface area (Å²) in [6, 6.07) is 0.745. The van der Waals surface area contributed by atoms with Crippen LogP contribution in [0.5, 0.6) is 0 Å². The molecule has 0 heterocycles. The number of rotatable bonds is 5. The summed E-state index contributed by atoms with van der Waals surface area (Å²) < 4.78 is 0. The highest BCUT2D eigenvalue weighted by molar-refractivity contribution is 5.12. The first kappa shape index (κ1) is 13.4. The summed E-state index contributed by atoms with van der Waals surface area (Å²) in [4.78, 5) is 0. The topological polar surface area (TPSA) is 12.0 Å². The van der Waals surface area contributed by atoms with Crippen molar-refractivity contribution < 1.29 is 0 Å². The fourth-order valence-electron chi connectivity index (χ4n) is 4.67. The van der Waals surface area contributed by atoms with Crippen LogP contribution in [-0.4, -0.2) is 12.6 Å². The monoisotopic (exact) mass is 237 g/mol. The molecule has 1 unspecified atom stereocenters. The lowest BCUT2D eigenvalue weighted by Crippen LogP contribution is -2.51. The van der Waals surface area contributed by atoms with Gasteiger partial charge < -0.3 is 5.32 Å². The van der Waals surface area contributed by atoms with E-state index in [0.717, 1.165) is 17.9 Å². The SMILES string of the molecule is CCC(CC)CNC1C(C)(C)[C@H]2CC[C@]1(C)C2. The largest absolute Gasteiger partial charge is 0.313 e. The summed E-state index contributed by atoms with van der Waals surface area (Å²) in [6.45, 7) is 13.4. The molecule has 2 fully saturated rings. The Morgan fingerprint density at radius 1 is 1.18 bits per heavy atom. The standard InChI is InChI=1S/C16H31N/c1-6-12(7-2)11-17-14-15(3,4)13-8-9-16(14,5)10-13/h12-14,17H,6-11H2,1-5H3/t13-,14?,16+/m0/s1. The second-order valence-electron chi connectivity index (χ2n) is 7.44. The molecule has 2 bridgehead atoms. The zero-order chi connectivity index (χ0) is 12.7. The molecule has 1 heteroatoms. The first-order valence-corrected chi connectivity index (χ1v) is 7.67. The third kappa shape index (κ3) is 2.16. The summed E-state index contributed by atoms with van der Waals surface area (Å²) in [5.74, 6) is 1.83. The van der Waals surface area contributed by atoms with Gasteiger partial charge in [0.05, 0.1) is 0 Å². The summed E-state index contributed by atoms with van der Waals surface area (Å²) >= 11 is 0. The normalized spacial score (nSPS) is 39.2. The van der Waals surface area contributed by atoms with Gasteiger partial charge >= 0.3 is 0 Å². The molecule has 1 nitrogen and oxygen atoms in total. The second-order valence-corrected chi connectivity index (χ2v) is 7.44. The third-order valence-electron chi connectivity index (χ3n) is 6.04. The molecule has 100 valence electrons. The molecule has 0 aromatic heterocycles. The van der Waals surface area contributed by atoms with E-state index in [1.165, 1.54) is 38.6 Å². The first-order chi connectivity index (χ1) is 7.94. The number of hydrogen-bond acceptors (Lipinski definition) is 1. The van der Waals surface area contributed by atoms with Crippen molar-refractivity contribution >= 4 is 0 Å². The van der Waals surface area contributed by atoms with Crippen LogP contribution in [0, 0.1) is 22.7 Å². The maximum atomic E-state index is 3.95. The minimum absolute atomic E-state index is 0.513. The van der Waals surface area contributed by atoms with Crippen LogP contribution in [0.2, 0.25) is 0 Å². The van der Waals surface area contributed by atoms with E-state index in [1.54, 1.807) is 0 Å². The van der Waals surface area contributed by atoms with Gasteiger partial charge in [-0.05, 0) is 48.5 Å². The molecule has 2 rings (SSSR count). The highest BCUT2D eigenvalue weighted by Crippen LogP contribution is 2.62. The third-order valence-corrected chi connectivity index (χ3v) is 6.04. The van der Waals surface area contributed by atoms with Gasteiger partial charge in [-0.1, -0.05) is 47.5 Å². The Kier molecular flexibility index (Phi) is 3.60. The molecule has 0 aromatic carbocycles. The van der Waals surface area contributed by atoms with Crippen LogP contribution < -0.4 is 5.32 Å². The van der Waals surface area contributed by atoms with Gasteiger partial charge in [-0.2, -0.15) is 0 Å². The molecule has 3 atom stereocenters. The fraction of sp³-hybridized carbons (Fsp3) is 1.00. The van der Waals surface area contributed by atoms with Gasteiger partial charge in [0.1, 0.15) is 0 Å². The minimum atomic E-state index is 0.513. The molecule has 0 spiro atoms. The first-order valence-electron chi connectivity index (χ1n) is 7.67. The zero-order valence-electron chi connectivity index (χ0n) is 12.5. The Labute approximate surface area is 108 Å². The van der Waals surface area contributed by atoms with Gasteiger partial charge in [0, 0.05) is 6.04 Å². The lowest BCUT2D eigenvalue weighted by molar-refractivity contribution is 0.105. The van der Waals surface area contributed by atoms with Crippen molar-refractivity contribution in [2.75, 3.05) is 6.54 Å². The quantitative estimate of drug-likeness (QED) is 0.754. The molecule has 17 heavy (non-hydrogen) atoms. The maximum Gasteiger partial charge on any atom is 0.0175 e. The van der Waals surface area contributed by atoms with Gasteiger partial charge in [-0.15, -0.1) is 0 Å². The van der Waals surface area contributed by atoms with Crippen molar-refractivity contribution in [3.8, 4) is 0 Å². The molecule has 2 aliphatic carbocycles. The number of hydrogen-bond donors (Lipinski definition) is 1. The van der Waals surface area contributed by atoms with Crippen LogP contribution in [0.1, 0.15) is 66.7 Å². The minimum Gasteiger partial charge on any atom is -0.313 e. The Balaban J connectivity index is 2.00. The molecule has 2 aliphatic rings. The molecule has 0 aromatic rings. The predicted octanol–water partition coefficient (Wildman–Crippen LogP) is 4.23. The van der Waals surface area contributed by atoms with Crippen molar-refractivity contribution in [1.82, 2.24) is 5.32 Å². The van der Waals surface area contributed by atoms with Crippen molar-refractivity contribution in [1.29, 1.82) is 0 Å². The van der Waals surface area contributed by atoms with Crippen LogP contribution in [0.25, 0.3) is 0 Å². The van der Waals surface area contributed by atoms with E-state index in [1.807, 2.05) is 0 Å². The van der Waals surface area contributed by atoms with E-state index in [2.05, 4.69) is 39.9 Å².